The highest BCUT2D eigenvalue weighted by molar-refractivity contribution is 5.83. The lowest BCUT2D eigenvalue weighted by atomic mass is 10.1. The van der Waals surface area contributed by atoms with Crippen LogP contribution in [0.1, 0.15) is 11.4 Å². The molecule has 0 aliphatic heterocycles. The van der Waals surface area contributed by atoms with Gasteiger partial charge in [0.15, 0.2) is 0 Å². The number of aromatic nitrogens is 3. The first-order valence-electron chi connectivity index (χ1n) is 9.35. The lowest BCUT2D eigenvalue weighted by Gasteiger charge is -2.14. The third-order valence-corrected chi connectivity index (χ3v) is 4.80. The lowest BCUT2D eigenvalue weighted by Crippen LogP contribution is -2.10. The number of halogens is 3. The molecule has 0 fully saturated rings. The Labute approximate surface area is 174 Å². The summed E-state index contributed by atoms with van der Waals surface area (Å²) in [6.45, 7) is -2.66. The number of methoxy groups -OCH3 is 1. The van der Waals surface area contributed by atoms with Crippen molar-refractivity contribution in [1.82, 2.24) is 14.5 Å². The molecule has 0 radical (unpaired) electrons. The van der Waals surface area contributed by atoms with Crippen LogP contribution >= 0.6 is 0 Å². The number of para-hydroxylation sites is 1. The number of nitrogens with zero attached hydrogens (tertiary/aromatic N) is 2. The largest absolute Gasteiger partial charge is 0.434 e. The minimum absolute atomic E-state index is 0.0469. The average molecular weight is 429 g/mol. The molecule has 0 spiro atoms. The highest BCUT2D eigenvalue weighted by Gasteiger charge is 2.18. The topological polar surface area (TPSA) is 69.1 Å². The van der Waals surface area contributed by atoms with Crippen molar-refractivity contribution in [3.8, 4) is 16.9 Å². The van der Waals surface area contributed by atoms with Gasteiger partial charge in [-0.3, -0.25) is 4.79 Å². The standard InChI is InChI=1S/C22H18F3N3O3/c1-30-12-20-27-17-9-16(23)15(13-6-7-21(29)26-10-13)8-18(17)28(20)11-14-4-2-3-5-19(14)31-22(24)25/h2-10,22H,11-12H2,1H3,(H,26,29). The molecule has 0 aliphatic rings. The molecule has 160 valence electrons. The number of fused-ring (bicyclic) bond motifs is 1. The van der Waals surface area contributed by atoms with E-state index in [4.69, 9.17) is 4.74 Å². The maximum absolute atomic E-state index is 14.8. The van der Waals surface area contributed by atoms with Gasteiger partial charge in [0.05, 0.1) is 17.6 Å². The van der Waals surface area contributed by atoms with Crippen molar-refractivity contribution >= 4 is 11.0 Å². The molecular formula is C22H18F3N3O3. The van der Waals surface area contributed by atoms with E-state index >= 15 is 0 Å². The first kappa shape index (κ1) is 20.7. The molecule has 4 rings (SSSR count). The molecule has 0 unspecified atom stereocenters. The van der Waals surface area contributed by atoms with Crippen LogP contribution in [0.5, 0.6) is 5.75 Å². The van der Waals surface area contributed by atoms with Crippen LogP contribution in [0.3, 0.4) is 0 Å². The van der Waals surface area contributed by atoms with E-state index in [2.05, 4.69) is 14.7 Å². The molecule has 0 bridgehead atoms. The maximum Gasteiger partial charge on any atom is 0.387 e. The van der Waals surface area contributed by atoms with E-state index in [1.165, 1.54) is 37.6 Å². The maximum atomic E-state index is 14.8. The van der Waals surface area contributed by atoms with Gasteiger partial charge in [0, 0.05) is 42.1 Å². The molecule has 0 saturated carbocycles. The van der Waals surface area contributed by atoms with Gasteiger partial charge in [0.1, 0.15) is 24.0 Å². The van der Waals surface area contributed by atoms with Crippen molar-refractivity contribution in [2.45, 2.75) is 19.8 Å². The molecular weight excluding hydrogens is 411 g/mol. The fourth-order valence-electron chi connectivity index (χ4n) is 3.43. The van der Waals surface area contributed by atoms with Crippen LogP contribution in [0.15, 0.2) is 59.5 Å². The number of nitrogens with one attached hydrogen (secondary N) is 1. The van der Waals surface area contributed by atoms with Gasteiger partial charge in [0.25, 0.3) is 0 Å². The predicted octanol–water partition coefficient (Wildman–Crippen LogP) is 4.33. The minimum atomic E-state index is -2.96. The van der Waals surface area contributed by atoms with Crippen molar-refractivity contribution in [1.29, 1.82) is 0 Å². The Kier molecular flexibility index (Phi) is 5.77. The van der Waals surface area contributed by atoms with E-state index in [9.17, 15) is 18.0 Å². The number of hydrogen-bond acceptors (Lipinski definition) is 4. The summed E-state index contributed by atoms with van der Waals surface area (Å²) in [7, 11) is 1.50. The molecule has 0 aliphatic carbocycles. The molecule has 9 heteroatoms. The highest BCUT2D eigenvalue weighted by Crippen LogP contribution is 2.30. The molecule has 2 heterocycles. The molecule has 0 amide bonds. The Hall–Kier alpha value is -3.59. The summed E-state index contributed by atoms with van der Waals surface area (Å²) in [5.74, 6) is 0.0441. The van der Waals surface area contributed by atoms with E-state index < -0.39 is 12.4 Å². The summed E-state index contributed by atoms with van der Waals surface area (Å²) < 4.78 is 52.0. The van der Waals surface area contributed by atoms with Crippen LogP contribution in [0.2, 0.25) is 0 Å². The summed E-state index contributed by atoms with van der Waals surface area (Å²) in [5, 5.41) is 0. The first-order valence-corrected chi connectivity index (χ1v) is 9.35. The highest BCUT2D eigenvalue weighted by atomic mass is 19.3. The normalized spacial score (nSPS) is 11.4. The number of hydrogen-bond donors (Lipinski definition) is 1. The number of rotatable bonds is 7. The summed E-state index contributed by atoms with van der Waals surface area (Å²) in [5.41, 5.74) is 1.95. The Morgan fingerprint density at radius 1 is 1.16 bits per heavy atom. The van der Waals surface area contributed by atoms with Crippen molar-refractivity contribution < 1.29 is 22.6 Å². The van der Waals surface area contributed by atoms with Crippen LogP contribution < -0.4 is 10.3 Å². The smallest absolute Gasteiger partial charge is 0.387 e. The quantitative estimate of drug-likeness (QED) is 0.475. The number of H-pyrrole nitrogens is 1. The van der Waals surface area contributed by atoms with Crippen molar-refractivity contribution in [2.24, 2.45) is 0 Å². The third kappa shape index (κ3) is 4.31. The Balaban J connectivity index is 1.85. The van der Waals surface area contributed by atoms with Crippen molar-refractivity contribution in [3.63, 3.8) is 0 Å². The molecule has 31 heavy (non-hydrogen) atoms. The molecule has 6 nitrogen and oxygen atoms in total. The van der Waals surface area contributed by atoms with Crippen LogP contribution in [0, 0.1) is 5.82 Å². The fraction of sp³-hybridized carbons (Fsp3) is 0.182. The second-order valence-electron chi connectivity index (χ2n) is 6.80. The van der Waals surface area contributed by atoms with Gasteiger partial charge < -0.3 is 19.0 Å². The zero-order valence-electron chi connectivity index (χ0n) is 16.4. The fourth-order valence-corrected chi connectivity index (χ4v) is 3.43. The molecule has 0 saturated heterocycles. The number of benzene rings is 2. The van der Waals surface area contributed by atoms with E-state index in [0.717, 1.165) is 0 Å². The zero-order valence-corrected chi connectivity index (χ0v) is 16.4. The Bertz CT molecular complexity index is 1260. The number of pyridine rings is 1. The van der Waals surface area contributed by atoms with E-state index in [1.807, 2.05) is 0 Å². The molecule has 4 aromatic rings. The average Bonchev–Trinajstić information content (AvgIpc) is 3.05. The zero-order chi connectivity index (χ0) is 22.0. The van der Waals surface area contributed by atoms with Gasteiger partial charge in [-0.25, -0.2) is 9.37 Å². The number of alkyl halides is 2. The number of ether oxygens (including phenoxy) is 2. The van der Waals surface area contributed by atoms with Crippen LogP contribution in [-0.4, -0.2) is 28.3 Å². The van der Waals surface area contributed by atoms with E-state index in [1.54, 1.807) is 28.8 Å². The summed E-state index contributed by atoms with van der Waals surface area (Å²) in [6.07, 6.45) is 1.43. The van der Waals surface area contributed by atoms with Crippen molar-refractivity contribution in [3.05, 3.63) is 82.3 Å². The van der Waals surface area contributed by atoms with Gasteiger partial charge >= 0.3 is 6.61 Å². The predicted molar refractivity (Wildman–Crippen MR) is 109 cm³/mol. The monoisotopic (exact) mass is 429 g/mol. The summed E-state index contributed by atoms with van der Waals surface area (Å²) in [6, 6.07) is 12.2. The number of aromatic amines is 1. The van der Waals surface area contributed by atoms with Gasteiger partial charge in [0.2, 0.25) is 5.56 Å². The second kappa shape index (κ2) is 8.65. The molecule has 2 aromatic heterocycles. The Morgan fingerprint density at radius 3 is 2.68 bits per heavy atom. The molecule has 0 atom stereocenters. The van der Waals surface area contributed by atoms with Crippen LogP contribution in [0.4, 0.5) is 13.2 Å². The van der Waals surface area contributed by atoms with Crippen molar-refractivity contribution in [2.75, 3.05) is 7.11 Å². The summed E-state index contributed by atoms with van der Waals surface area (Å²) in [4.78, 5) is 18.3. The van der Waals surface area contributed by atoms with Gasteiger partial charge in [-0.15, -0.1) is 0 Å². The third-order valence-electron chi connectivity index (χ3n) is 4.80. The first-order chi connectivity index (χ1) is 15.0. The lowest BCUT2D eigenvalue weighted by molar-refractivity contribution is -0.0504. The van der Waals surface area contributed by atoms with Crippen LogP contribution in [-0.2, 0) is 17.9 Å². The second-order valence-corrected chi connectivity index (χ2v) is 6.80. The molecule has 1 N–H and O–H groups in total. The molecule has 2 aromatic carbocycles. The van der Waals surface area contributed by atoms with Gasteiger partial charge in [-0.1, -0.05) is 18.2 Å². The van der Waals surface area contributed by atoms with Crippen LogP contribution in [0.25, 0.3) is 22.2 Å². The van der Waals surface area contributed by atoms with Gasteiger partial charge in [-0.05, 0) is 18.2 Å². The van der Waals surface area contributed by atoms with Gasteiger partial charge in [-0.2, -0.15) is 8.78 Å². The minimum Gasteiger partial charge on any atom is -0.434 e. The Morgan fingerprint density at radius 2 is 1.97 bits per heavy atom. The SMILES string of the molecule is COCc1nc2cc(F)c(-c3ccc(=O)[nH]c3)cc2n1Cc1ccccc1OC(F)F. The number of imidazole rings is 1. The van der Waals surface area contributed by atoms with E-state index in [-0.39, 0.29) is 30.0 Å². The van der Waals surface area contributed by atoms with E-state index in [0.29, 0.717) is 28.0 Å². The summed E-state index contributed by atoms with van der Waals surface area (Å²) >= 11 is 0.